The zero-order valence-corrected chi connectivity index (χ0v) is 17.5. The number of sulfonamides is 1. The van der Waals surface area contributed by atoms with Gasteiger partial charge in [0.2, 0.25) is 5.91 Å². The fraction of sp³-hybridized carbons (Fsp3) is 0.722. The van der Waals surface area contributed by atoms with Gasteiger partial charge in [0.1, 0.15) is 4.21 Å². The van der Waals surface area contributed by atoms with E-state index in [9.17, 15) is 13.2 Å². The lowest BCUT2D eigenvalue weighted by Crippen LogP contribution is -2.45. The maximum Gasteiger partial charge on any atom is 0.252 e. The van der Waals surface area contributed by atoms with Crippen molar-refractivity contribution >= 4 is 39.0 Å². The van der Waals surface area contributed by atoms with Gasteiger partial charge in [0.05, 0.1) is 5.92 Å². The molecule has 1 saturated heterocycles. The van der Waals surface area contributed by atoms with Gasteiger partial charge in [-0.1, -0.05) is 25.3 Å². The second-order valence-corrected chi connectivity index (χ2v) is 11.6. The SMILES string of the molecule is O=C(NCCSC1CCCCC1)C1CCCN(S(=O)(=O)c2cccs2)C1. The Bertz CT molecular complexity index is 670. The van der Waals surface area contributed by atoms with Crippen molar-refractivity contribution in [2.45, 2.75) is 54.4 Å². The summed E-state index contributed by atoms with van der Waals surface area (Å²) in [6.07, 6.45) is 8.13. The van der Waals surface area contributed by atoms with E-state index in [0.29, 0.717) is 23.8 Å². The fourth-order valence-corrected chi connectivity index (χ4v) is 7.58. The van der Waals surface area contributed by atoms with Crippen LogP contribution in [0.5, 0.6) is 0 Å². The number of carbonyl (C=O) groups is 1. The zero-order valence-electron chi connectivity index (χ0n) is 15.1. The van der Waals surface area contributed by atoms with Gasteiger partial charge in [0.15, 0.2) is 0 Å². The molecule has 8 heteroatoms. The summed E-state index contributed by atoms with van der Waals surface area (Å²) >= 11 is 3.20. The molecule has 3 rings (SSSR count). The molecule has 1 aromatic rings. The van der Waals surface area contributed by atoms with Gasteiger partial charge in [-0.25, -0.2) is 8.42 Å². The highest BCUT2D eigenvalue weighted by atomic mass is 32.2. The first kappa shape index (κ1) is 20.2. The molecular weight excluding hydrogens is 388 g/mol. The third-order valence-electron chi connectivity index (χ3n) is 5.15. The van der Waals surface area contributed by atoms with Crippen molar-refractivity contribution < 1.29 is 13.2 Å². The second kappa shape index (κ2) is 9.57. The summed E-state index contributed by atoms with van der Waals surface area (Å²) in [5, 5.41) is 5.54. The number of thioether (sulfide) groups is 1. The van der Waals surface area contributed by atoms with Crippen LogP contribution in [0.4, 0.5) is 0 Å². The van der Waals surface area contributed by atoms with Gasteiger partial charge in [-0.2, -0.15) is 16.1 Å². The number of carbonyl (C=O) groups excluding carboxylic acids is 1. The number of nitrogens with zero attached hydrogens (tertiary/aromatic N) is 1. The Morgan fingerprint density at radius 1 is 1.23 bits per heavy atom. The monoisotopic (exact) mass is 416 g/mol. The van der Waals surface area contributed by atoms with Gasteiger partial charge in [-0.3, -0.25) is 4.79 Å². The van der Waals surface area contributed by atoms with Gasteiger partial charge in [0.25, 0.3) is 10.0 Å². The first-order valence-corrected chi connectivity index (χ1v) is 12.9. The molecule has 146 valence electrons. The maximum absolute atomic E-state index is 12.7. The van der Waals surface area contributed by atoms with Gasteiger partial charge in [-0.15, -0.1) is 11.3 Å². The molecule has 26 heavy (non-hydrogen) atoms. The van der Waals surface area contributed by atoms with E-state index < -0.39 is 10.0 Å². The molecule has 1 aromatic heterocycles. The first-order valence-electron chi connectivity index (χ1n) is 9.50. The fourth-order valence-electron chi connectivity index (χ4n) is 3.69. The maximum atomic E-state index is 12.7. The van der Waals surface area contributed by atoms with Crippen molar-refractivity contribution in [1.82, 2.24) is 9.62 Å². The van der Waals surface area contributed by atoms with Crippen LogP contribution in [-0.4, -0.2) is 49.3 Å². The van der Waals surface area contributed by atoms with Gasteiger partial charge in [-0.05, 0) is 37.1 Å². The Balaban J connectivity index is 1.44. The highest BCUT2D eigenvalue weighted by Crippen LogP contribution is 2.28. The highest BCUT2D eigenvalue weighted by Gasteiger charge is 2.33. The number of thiophene rings is 1. The van der Waals surface area contributed by atoms with Crippen LogP contribution in [0.2, 0.25) is 0 Å². The van der Waals surface area contributed by atoms with Crippen molar-refractivity contribution in [3.63, 3.8) is 0 Å². The summed E-state index contributed by atoms with van der Waals surface area (Å²) < 4.78 is 27.1. The van der Waals surface area contributed by atoms with Crippen LogP contribution in [-0.2, 0) is 14.8 Å². The first-order chi connectivity index (χ1) is 12.6. The molecule has 1 aliphatic carbocycles. The van der Waals surface area contributed by atoms with Crippen LogP contribution in [0.15, 0.2) is 21.7 Å². The molecule has 1 atom stereocenters. The largest absolute Gasteiger partial charge is 0.355 e. The van der Waals surface area contributed by atoms with E-state index in [2.05, 4.69) is 5.32 Å². The Morgan fingerprint density at radius 3 is 2.77 bits per heavy atom. The van der Waals surface area contributed by atoms with E-state index >= 15 is 0 Å². The summed E-state index contributed by atoms with van der Waals surface area (Å²) in [7, 11) is -3.46. The van der Waals surface area contributed by atoms with E-state index in [4.69, 9.17) is 0 Å². The van der Waals surface area contributed by atoms with Crippen LogP contribution in [0.1, 0.15) is 44.9 Å². The van der Waals surface area contributed by atoms with Gasteiger partial charge >= 0.3 is 0 Å². The molecule has 2 heterocycles. The normalized spacial score (nSPS) is 23.0. The molecule has 1 aliphatic heterocycles. The number of piperidine rings is 1. The molecular formula is C18H28N2O3S3. The van der Waals surface area contributed by atoms with E-state index in [1.165, 1.54) is 47.7 Å². The lowest BCUT2D eigenvalue weighted by molar-refractivity contribution is -0.125. The topological polar surface area (TPSA) is 66.5 Å². The van der Waals surface area contributed by atoms with Gasteiger partial charge < -0.3 is 5.32 Å². The van der Waals surface area contributed by atoms with E-state index in [0.717, 1.165) is 23.8 Å². The number of amides is 1. The molecule has 2 fully saturated rings. The lowest BCUT2D eigenvalue weighted by Gasteiger charge is -2.30. The van der Waals surface area contributed by atoms with Crippen LogP contribution >= 0.6 is 23.1 Å². The lowest BCUT2D eigenvalue weighted by atomic mass is 9.99. The number of hydrogen-bond donors (Lipinski definition) is 1. The third kappa shape index (κ3) is 5.24. The van der Waals surface area contributed by atoms with E-state index in [1.54, 1.807) is 17.5 Å². The average molecular weight is 417 g/mol. The summed E-state index contributed by atoms with van der Waals surface area (Å²) in [6, 6.07) is 3.38. The molecule has 0 aromatic carbocycles. The summed E-state index contributed by atoms with van der Waals surface area (Å²) in [6.45, 7) is 1.47. The molecule has 5 nitrogen and oxygen atoms in total. The standard InChI is InChI=1S/C18H28N2O3S3/c21-18(19-10-13-24-16-7-2-1-3-8-16)15-6-4-11-20(14-15)26(22,23)17-9-5-12-25-17/h5,9,12,15-16H,1-4,6-8,10-11,13-14H2,(H,19,21). The molecule has 1 saturated carbocycles. The van der Waals surface area contributed by atoms with Gasteiger partial charge in [0, 0.05) is 30.6 Å². The average Bonchev–Trinajstić information content (AvgIpc) is 3.22. The van der Waals surface area contributed by atoms with Crippen molar-refractivity contribution in [2.24, 2.45) is 5.92 Å². The smallest absolute Gasteiger partial charge is 0.252 e. The third-order valence-corrected chi connectivity index (χ3v) is 9.77. The van der Waals surface area contributed by atoms with Crippen molar-refractivity contribution in [2.75, 3.05) is 25.4 Å². The summed E-state index contributed by atoms with van der Waals surface area (Å²) in [5.74, 6) is 0.707. The number of hydrogen-bond acceptors (Lipinski definition) is 5. The van der Waals surface area contributed by atoms with Crippen LogP contribution < -0.4 is 5.32 Å². The molecule has 1 amide bonds. The zero-order chi connectivity index (χ0) is 18.4. The number of nitrogens with one attached hydrogen (secondary N) is 1. The van der Waals surface area contributed by atoms with Crippen LogP contribution in [0.3, 0.4) is 0 Å². The minimum atomic E-state index is -3.46. The highest BCUT2D eigenvalue weighted by molar-refractivity contribution is 7.99. The van der Waals surface area contributed by atoms with Crippen molar-refractivity contribution in [3.05, 3.63) is 17.5 Å². The van der Waals surface area contributed by atoms with Crippen LogP contribution in [0, 0.1) is 5.92 Å². The van der Waals surface area contributed by atoms with Crippen molar-refractivity contribution in [1.29, 1.82) is 0 Å². The Hall–Kier alpha value is -0.570. The number of rotatable bonds is 7. The van der Waals surface area contributed by atoms with E-state index in [1.807, 2.05) is 11.8 Å². The Morgan fingerprint density at radius 2 is 2.04 bits per heavy atom. The minimum Gasteiger partial charge on any atom is -0.355 e. The molecule has 0 radical (unpaired) electrons. The van der Waals surface area contributed by atoms with E-state index in [-0.39, 0.29) is 11.8 Å². The molecule has 0 spiro atoms. The summed E-state index contributed by atoms with van der Waals surface area (Å²) in [5.41, 5.74) is 0. The minimum absolute atomic E-state index is 0.000300. The molecule has 2 aliphatic rings. The molecule has 0 bridgehead atoms. The quantitative estimate of drug-likeness (QED) is 0.693. The summed E-state index contributed by atoms with van der Waals surface area (Å²) in [4.78, 5) is 12.5. The predicted molar refractivity (Wildman–Crippen MR) is 108 cm³/mol. The Kier molecular flexibility index (Phi) is 7.43. The second-order valence-electron chi connectivity index (χ2n) is 7.06. The van der Waals surface area contributed by atoms with Crippen molar-refractivity contribution in [3.8, 4) is 0 Å². The molecule has 1 unspecified atom stereocenters. The van der Waals surface area contributed by atoms with Crippen LogP contribution in [0.25, 0.3) is 0 Å². The molecule has 1 N–H and O–H groups in total. The Labute approximate surface area is 165 Å². The predicted octanol–water partition coefficient (Wildman–Crippen LogP) is 3.33.